The summed E-state index contributed by atoms with van der Waals surface area (Å²) in [7, 11) is 0. The van der Waals surface area contributed by atoms with E-state index < -0.39 is 12.0 Å². The normalized spacial score (nSPS) is 12.6. The SMILES string of the molecule is CC(Nc1ccnc2occc12)C(=O)O. The highest BCUT2D eigenvalue weighted by Gasteiger charge is 2.12. The molecule has 0 bridgehead atoms. The molecule has 5 nitrogen and oxygen atoms in total. The van der Waals surface area contributed by atoms with Crippen LogP contribution in [0.3, 0.4) is 0 Å². The Kier molecular flexibility index (Phi) is 2.29. The van der Waals surface area contributed by atoms with Gasteiger partial charge in [-0.15, -0.1) is 0 Å². The number of rotatable bonds is 3. The second kappa shape index (κ2) is 3.61. The summed E-state index contributed by atoms with van der Waals surface area (Å²) in [6.45, 7) is 1.58. The lowest BCUT2D eigenvalue weighted by Gasteiger charge is -2.10. The van der Waals surface area contributed by atoms with Gasteiger partial charge >= 0.3 is 5.97 Å². The maximum absolute atomic E-state index is 10.7. The molecule has 1 atom stereocenters. The molecule has 0 fully saturated rings. The first-order valence-corrected chi connectivity index (χ1v) is 4.50. The molecule has 0 saturated carbocycles. The number of carboxylic acid groups (broad SMARTS) is 1. The maximum Gasteiger partial charge on any atom is 0.325 e. The summed E-state index contributed by atoms with van der Waals surface area (Å²) >= 11 is 0. The van der Waals surface area contributed by atoms with E-state index in [2.05, 4.69) is 10.3 Å². The first kappa shape index (κ1) is 9.51. The van der Waals surface area contributed by atoms with Gasteiger partial charge < -0.3 is 14.8 Å². The van der Waals surface area contributed by atoms with Gasteiger partial charge in [-0.1, -0.05) is 0 Å². The summed E-state index contributed by atoms with van der Waals surface area (Å²) in [6.07, 6.45) is 3.09. The minimum Gasteiger partial charge on any atom is -0.480 e. The van der Waals surface area contributed by atoms with Crippen molar-refractivity contribution in [1.29, 1.82) is 0 Å². The van der Waals surface area contributed by atoms with Crippen molar-refractivity contribution in [2.45, 2.75) is 13.0 Å². The number of nitrogens with zero attached hydrogens (tertiary/aromatic N) is 1. The smallest absolute Gasteiger partial charge is 0.325 e. The summed E-state index contributed by atoms with van der Waals surface area (Å²) in [5.74, 6) is -0.900. The van der Waals surface area contributed by atoms with Gasteiger partial charge in [-0.25, -0.2) is 4.98 Å². The predicted octanol–water partition coefficient (Wildman–Crippen LogP) is 1.71. The fraction of sp³-hybridized carbons (Fsp3) is 0.200. The van der Waals surface area contributed by atoms with Crippen LogP contribution in [0, 0.1) is 0 Å². The van der Waals surface area contributed by atoms with Crippen molar-refractivity contribution in [3.63, 3.8) is 0 Å². The minimum absolute atomic E-state index is 0.498. The van der Waals surface area contributed by atoms with E-state index in [4.69, 9.17) is 9.52 Å². The van der Waals surface area contributed by atoms with E-state index in [-0.39, 0.29) is 0 Å². The zero-order valence-corrected chi connectivity index (χ0v) is 8.10. The van der Waals surface area contributed by atoms with Crippen molar-refractivity contribution in [1.82, 2.24) is 4.98 Å². The molecule has 2 rings (SSSR count). The Bertz CT molecular complexity index is 492. The van der Waals surface area contributed by atoms with Gasteiger partial charge in [-0.3, -0.25) is 4.79 Å². The van der Waals surface area contributed by atoms with Gasteiger partial charge in [-0.2, -0.15) is 0 Å². The Balaban J connectivity index is 2.35. The number of anilines is 1. The van der Waals surface area contributed by atoms with E-state index in [1.807, 2.05) is 0 Å². The van der Waals surface area contributed by atoms with Gasteiger partial charge in [0.15, 0.2) is 0 Å². The molecule has 1 unspecified atom stereocenters. The zero-order chi connectivity index (χ0) is 10.8. The molecule has 0 aliphatic rings. The van der Waals surface area contributed by atoms with E-state index >= 15 is 0 Å². The Labute approximate surface area is 85.7 Å². The third-order valence-electron chi connectivity index (χ3n) is 2.11. The topological polar surface area (TPSA) is 75.4 Å². The summed E-state index contributed by atoms with van der Waals surface area (Å²) in [5, 5.41) is 12.4. The van der Waals surface area contributed by atoms with Crippen LogP contribution in [0.1, 0.15) is 6.92 Å². The second-order valence-electron chi connectivity index (χ2n) is 3.20. The van der Waals surface area contributed by atoms with Crippen LogP contribution in [0.15, 0.2) is 29.0 Å². The van der Waals surface area contributed by atoms with E-state index in [0.717, 1.165) is 5.39 Å². The molecule has 2 aromatic rings. The average molecular weight is 206 g/mol. The van der Waals surface area contributed by atoms with Crippen molar-refractivity contribution in [2.75, 3.05) is 5.32 Å². The van der Waals surface area contributed by atoms with Crippen LogP contribution in [0.2, 0.25) is 0 Å². The van der Waals surface area contributed by atoms with Crippen LogP contribution in [0.4, 0.5) is 5.69 Å². The molecule has 0 amide bonds. The number of carboxylic acids is 1. The maximum atomic E-state index is 10.7. The fourth-order valence-corrected chi connectivity index (χ4v) is 1.30. The Morgan fingerprint density at radius 3 is 3.13 bits per heavy atom. The number of carbonyl (C=O) groups is 1. The quantitative estimate of drug-likeness (QED) is 0.799. The molecule has 2 N–H and O–H groups in total. The molecular weight excluding hydrogens is 196 g/mol. The van der Waals surface area contributed by atoms with Crippen molar-refractivity contribution in [3.8, 4) is 0 Å². The molecule has 0 saturated heterocycles. The van der Waals surface area contributed by atoms with E-state index in [1.165, 1.54) is 6.26 Å². The zero-order valence-electron chi connectivity index (χ0n) is 8.10. The van der Waals surface area contributed by atoms with Crippen LogP contribution in [0.25, 0.3) is 11.1 Å². The number of furan rings is 1. The summed E-state index contributed by atoms with van der Waals surface area (Å²) in [4.78, 5) is 14.7. The van der Waals surface area contributed by atoms with Crippen LogP contribution in [-0.2, 0) is 4.79 Å². The van der Waals surface area contributed by atoms with Gasteiger partial charge in [0.05, 0.1) is 11.6 Å². The highest BCUT2D eigenvalue weighted by Crippen LogP contribution is 2.22. The van der Waals surface area contributed by atoms with Crippen molar-refractivity contribution < 1.29 is 14.3 Å². The summed E-state index contributed by atoms with van der Waals surface area (Å²) in [6, 6.07) is 2.82. The lowest BCUT2D eigenvalue weighted by atomic mass is 10.2. The molecule has 0 spiro atoms. The van der Waals surface area contributed by atoms with E-state index in [0.29, 0.717) is 11.4 Å². The molecular formula is C10H10N2O3. The third-order valence-corrected chi connectivity index (χ3v) is 2.11. The van der Waals surface area contributed by atoms with Crippen LogP contribution in [-0.4, -0.2) is 22.1 Å². The molecule has 2 heterocycles. The molecule has 15 heavy (non-hydrogen) atoms. The highest BCUT2D eigenvalue weighted by molar-refractivity contribution is 5.89. The Hall–Kier alpha value is -2.04. The molecule has 0 aliphatic carbocycles. The van der Waals surface area contributed by atoms with Gasteiger partial charge in [0.25, 0.3) is 0 Å². The summed E-state index contributed by atoms with van der Waals surface area (Å²) in [5.41, 5.74) is 1.21. The molecule has 0 aliphatic heterocycles. The Morgan fingerprint density at radius 2 is 2.40 bits per heavy atom. The van der Waals surface area contributed by atoms with Crippen LogP contribution in [0.5, 0.6) is 0 Å². The van der Waals surface area contributed by atoms with E-state index in [9.17, 15) is 4.79 Å². The number of aliphatic carboxylic acids is 1. The van der Waals surface area contributed by atoms with E-state index in [1.54, 1.807) is 25.3 Å². The fourth-order valence-electron chi connectivity index (χ4n) is 1.30. The largest absolute Gasteiger partial charge is 0.480 e. The first-order valence-electron chi connectivity index (χ1n) is 4.50. The summed E-state index contributed by atoms with van der Waals surface area (Å²) < 4.78 is 5.10. The number of fused-ring (bicyclic) bond motifs is 1. The molecule has 5 heteroatoms. The first-order chi connectivity index (χ1) is 7.18. The van der Waals surface area contributed by atoms with Gasteiger partial charge in [0.1, 0.15) is 6.04 Å². The average Bonchev–Trinajstić information content (AvgIpc) is 2.66. The molecule has 78 valence electrons. The minimum atomic E-state index is -0.900. The van der Waals surface area contributed by atoms with Gasteiger partial charge in [0, 0.05) is 11.9 Å². The Morgan fingerprint density at radius 1 is 1.60 bits per heavy atom. The second-order valence-corrected chi connectivity index (χ2v) is 3.20. The standard InChI is InChI=1S/C10H10N2O3/c1-6(10(13)14)12-8-2-4-11-9-7(8)3-5-15-9/h2-6H,1H3,(H,11,12)(H,13,14). The number of pyridine rings is 1. The highest BCUT2D eigenvalue weighted by atomic mass is 16.4. The molecule has 0 aromatic carbocycles. The lowest BCUT2D eigenvalue weighted by molar-refractivity contribution is -0.137. The number of aromatic nitrogens is 1. The van der Waals surface area contributed by atoms with Gasteiger partial charge in [-0.05, 0) is 19.1 Å². The van der Waals surface area contributed by atoms with Crippen molar-refractivity contribution in [3.05, 3.63) is 24.6 Å². The monoisotopic (exact) mass is 206 g/mol. The number of hydrogen-bond donors (Lipinski definition) is 2. The third kappa shape index (κ3) is 1.76. The number of nitrogens with one attached hydrogen (secondary N) is 1. The van der Waals surface area contributed by atoms with Crippen LogP contribution >= 0.6 is 0 Å². The number of hydrogen-bond acceptors (Lipinski definition) is 4. The molecule has 0 radical (unpaired) electrons. The molecule has 2 aromatic heterocycles. The van der Waals surface area contributed by atoms with Crippen molar-refractivity contribution >= 4 is 22.8 Å². The predicted molar refractivity (Wildman–Crippen MR) is 54.7 cm³/mol. The lowest BCUT2D eigenvalue weighted by Crippen LogP contribution is -2.25. The van der Waals surface area contributed by atoms with Crippen molar-refractivity contribution in [2.24, 2.45) is 0 Å². The van der Waals surface area contributed by atoms with Crippen LogP contribution < -0.4 is 5.32 Å². The van der Waals surface area contributed by atoms with Gasteiger partial charge in [0.2, 0.25) is 5.71 Å².